The highest BCUT2D eigenvalue weighted by Gasteiger charge is 2.31. The summed E-state index contributed by atoms with van der Waals surface area (Å²) in [5, 5.41) is 0. The summed E-state index contributed by atoms with van der Waals surface area (Å²) in [6.45, 7) is 6.89. The molecule has 19 heavy (non-hydrogen) atoms. The molecule has 1 heterocycles. The molecule has 6 nitrogen and oxygen atoms in total. The van der Waals surface area contributed by atoms with Crippen molar-refractivity contribution < 1.29 is 23.8 Å². The van der Waals surface area contributed by atoms with Crippen molar-refractivity contribution in [3.8, 4) is 0 Å². The van der Waals surface area contributed by atoms with Gasteiger partial charge in [0.2, 0.25) is 0 Å². The Morgan fingerprint density at radius 2 is 2.05 bits per heavy atom. The monoisotopic (exact) mass is 273 g/mol. The molecule has 0 aromatic carbocycles. The van der Waals surface area contributed by atoms with Crippen molar-refractivity contribution in [1.29, 1.82) is 0 Å². The fourth-order valence-corrected chi connectivity index (χ4v) is 1.84. The zero-order valence-corrected chi connectivity index (χ0v) is 12.1. The summed E-state index contributed by atoms with van der Waals surface area (Å²) in [6.07, 6.45) is 0.432. The minimum atomic E-state index is -0.526. The average molecular weight is 273 g/mol. The van der Waals surface area contributed by atoms with E-state index in [-0.39, 0.29) is 24.5 Å². The normalized spacial score (nSPS) is 20.0. The van der Waals surface area contributed by atoms with Crippen LogP contribution in [0.25, 0.3) is 0 Å². The van der Waals surface area contributed by atoms with E-state index in [9.17, 15) is 9.59 Å². The number of methoxy groups -OCH3 is 1. The van der Waals surface area contributed by atoms with Crippen molar-refractivity contribution in [2.24, 2.45) is 0 Å². The van der Waals surface area contributed by atoms with E-state index in [4.69, 9.17) is 9.47 Å². The third-order valence-electron chi connectivity index (χ3n) is 2.76. The Balaban J connectivity index is 2.56. The molecular formula is C13H23NO5. The fraction of sp³-hybridized carbons (Fsp3) is 0.846. The second-order valence-corrected chi connectivity index (χ2v) is 5.52. The highest BCUT2D eigenvalue weighted by molar-refractivity contribution is 5.70. The van der Waals surface area contributed by atoms with Gasteiger partial charge < -0.3 is 19.1 Å². The van der Waals surface area contributed by atoms with Gasteiger partial charge in [-0.2, -0.15) is 0 Å². The molecule has 0 N–H and O–H groups in total. The number of nitrogens with zero attached hydrogens (tertiary/aromatic N) is 1. The molecular weight excluding hydrogens is 250 g/mol. The predicted octanol–water partition coefficient (Wildman–Crippen LogP) is 1.58. The average Bonchev–Trinajstić information content (AvgIpc) is 2.34. The Morgan fingerprint density at radius 1 is 1.37 bits per heavy atom. The van der Waals surface area contributed by atoms with Crippen LogP contribution < -0.4 is 0 Å². The zero-order valence-electron chi connectivity index (χ0n) is 12.1. The molecule has 1 aliphatic heterocycles. The van der Waals surface area contributed by atoms with Crippen molar-refractivity contribution >= 4 is 12.1 Å². The lowest BCUT2D eigenvalue weighted by Crippen LogP contribution is -2.50. The van der Waals surface area contributed by atoms with Gasteiger partial charge in [0.25, 0.3) is 0 Å². The highest BCUT2D eigenvalue weighted by Crippen LogP contribution is 2.17. The molecule has 0 aromatic heterocycles. The summed E-state index contributed by atoms with van der Waals surface area (Å²) in [4.78, 5) is 24.9. The Kier molecular flexibility index (Phi) is 5.60. The van der Waals surface area contributed by atoms with Crippen LogP contribution in [-0.2, 0) is 19.0 Å². The van der Waals surface area contributed by atoms with Crippen LogP contribution in [0.2, 0.25) is 0 Å². The second-order valence-electron chi connectivity index (χ2n) is 5.52. The Labute approximate surface area is 114 Å². The van der Waals surface area contributed by atoms with Gasteiger partial charge in [0.15, 0.2) is 0 Å². The summed E-state index contributed by atoms with van der Waals surface area (Å²) < 4.78 is 15.3. The molecule has 0 bridgehead atoms. The number of hydrogen-bond acceptors (Lipinski definition) is 5. The maximum Gasteiger partial charge on any atom is 0.410 e. The number of ether oxygens (including phenoxy) is 3. The van der Waals surface area contributed by atoms with Crippen LogP contribution >= 0.6 is 0 Å². The van der Waals surface area contributed by atoms with Gasteiger partial charge in [-0.1, -0.05) is 0 Å². The van der Waals surface area contributed by atoms with Gasteiger partial charge in [0.05, 0.1) is 26.4 Å². The summed E-state index contributed by atoms with van der Waals surface area (Å²) >= 11 is 0. The Morgan fingerprint density at radius 3 is 2.63 bits per heavy atom. The van der Waals surface area contributed by atoms with Crippen molar-refractivity contribution in [2.75, 3.05) is 26.9 Å². The molecule has 0 saturated carbocycles. The maximum absolute atomic E-state index is 12.1. The minimum absolute atomic E-state index is 0.136. The molecule has 1 fully saturated rings. The molecule has 0 spiro atoms. The van der Waals surface area contributed by atoms with E-state index in [0.29, 0.717) is 26.2 Å². The predicted molar refractivity (Wildman–Crippen MR) is 68.8 cm³/mol. The van der Waals surface area contributed by atoms with E-state index in [1.165, 1.54) is 7.11 Å². The smallest absolute Gasteiger partial charge is 0.410 e. The second kappa shape index (κ2) is 6.75. The van der Waals surface area contributed by atoms with E-state index in [1.54, 1.807) is 4.90 Å². The van der Waals surface area contributed by atoms with Gasteiger partial charge in [0.1, 0.15) is 5.60 Å². The van der Waals surface area contributed by atoms with Crippen LogP contribution in [0.15, 0.2) is 0 Å². The number of morpholine rings is 1. The third kappa shape index (κ3) is 5.46. The quantitative estimate of drug-likeness (QED) is 0.730. The number of rotatable bonds is 3. The van der Waals surface area contributed by atoms with Gasteiger partial charge in [-0.05, 0) is 27.2 Å². The van der Waals surface area contributed by atoms with E-state index in [2.05, 4.69) is 4.74 Å². The molecule has 1 rings (SSSR count). The standard InChI is InChI=1S/C13H23NO5/c1-13(2,3)19-12(16)14-7-8-18-9-10(14)5-6-11(15)17-4/h10H,5-9H2,1-4H3/t10-/m1/s1. The number of carbonyl (C=O) groups is 2. The topological polar surface area (TPSA) is 65.1 Å². The van der Waals surface area contributed by atoms with E-state index in [0.717, 1.165) is 0 Å². The molecule has 1 amide bonds. The molecule has 0 aromatic rings. The van der Waals surface area contributed by atoms with Gasteiger partial charge in [0, 0.05) is 13.0 Å². The van der Waals surface area contributed by atoms with Crippen LogP contribution in [0.5, 0.6) is 0 Å². The first-order valence-electron chi connectivity index (χ1n) is 6.47. The van der Waals surface area contributed by atoms with E-state index >= 15 is 0 Å². The number of carbonyl (C=O) groups excluding carboxylic acids is 2. The lowest BCUT2D eigenvalue weighted by Gasteiger charge is -2.36. The molecule has 6 heteroatoms. The molecule has 1 saturated heterocycles. The largest absolute Gasteiger partial charge is 0.469 e. The van der Waals surface area contributed by atoms with Crippen LogP contribution in [0.1, 0.15) is 33.6 Å². The van der Waals surface area contributed by atoms with Gasteiger partial charge >= 0.3 is 12.1 Å². The van der Waals surface area contributed by atoms with E-state index in [1.807, 2.05) is 20.8 Å². The fourth-order valence-electron chi connectivity index (χ4n) is 1.84. The summed E-state index contributed by atoms with van der Waals surface area (Å²) in [7, 11) is 1.35. The number of hydrogen-bond donors (Lipinski definition) is 0. The lowest BCUT2D eigenvalue weighted by molar-refractivity contribution is -0.141. The van der Waals surface area contributed by atoms with Crippen molar-refractivity contribution in [3.63, 3.8) is 0 Å². The first kappa shape index (κ1) is 15.8. The van der Waals surface area contributed by atoms with Crippen molar-refractivity contribution in [2.45, 2.75) is 45.3 Å². The third-order valence-corrected chi connectivity index (χ3v) is 2.76. The van der Waals surface area contributed by atoms with Crippen molar-refractivity contribution in [3.05, 3.63) is 0 Å². The first-order valence-corrected chi connectivity index (χ1v) is 6.47. The zero-order chi connectivity index (χ0) is 14.5. The van der Waals surface area contributed by atoms with Crippen molar-refractivity contribution in [1.82, 2.24) is 4.90 Å². The van der Waals surface area contributed by atoms with E-state index < -0.39 is 5.60 Å². The van der Waals surface area contributed by atoms with Crippen LogP contribution in [0.3, 0.4) is 0 Å². The minimum Gasteiger partial charge on any atom is -0.469 e. The van der Waals surface area contributed by atoms with Gasteiger partial charge in [-0.3, -0.25) is 4.79 Å². The molecule has 0 aliphatic carbocycles. The maximum atomic E-state index is 12.1. The van der Waals surface area contributed by atoms with Crippen LogP contribution in [-0.4, -0.2) is 55.5 Å². The molecule has 110 valence electrons. The summed E-state index contributed by atoms with van der Waals surface area (Å²) in [6, 6.07) is -0.136. The molecule has 1 atom stereocenters. The molecule has 0 radical (unpaired) electrons. The van der Waals surface area contributed by atoms with Crippen LogP contribution in [0, 0.1) is 0 Å². The highest BCUT2D eigenvalue weighted by atomic mass is 16.6. The Hall–Kier alpha value is -1.30. The van der Waals surface area contributed by atoms with Crippen LogP contribution in [0.4, 0.5) is 4.79 Å². The summed E-state index contributed by atoms with van der Waals surface area (Å²) in [5.74, 6) is -0.283. The van der Waals surface area contributed by atoms with Gasteiger partial charge in [-0.25, -0.2) is 4.79 Å². The number of esters is 1. The van der Waals surface area contributed by atoms with Gasteiger partial charge in [-0.15, -0.1) is 0 Å². The molecule has 0 unspecified atom stereocenters. The Bertz CT molecular complexity index is 323. The summed E-state index contributed by atoms with van der Waals surface area (Å²) in [5.41, 5.74) is -0.526. The first-order chi connectivity index (χ1) is 8.83. The SMILES string of the molecule is COC(=O)CC[C@@H]1COCCN1C(=O)OC(C)(C)C. The molecule has 1 aliphatic rings. The number of amides is 1. The lowest BCUT2D eigenvalue weighted by atomic mass is 10.1.